The van der Waals surface area contributed by atoms with Crippen molar-refractivity contribution in [2.24, 2.45) is 7.05 Å². The van der Waals surface area contributed by atoms with Crippen LogP contribution < -0.4 is 5.32 Å². The fourth-order valence-corrected chi connectivity index (χ4v) is 1.40. The molecule has 7 heteroatoms. The van der Waals surface area contributed by atoms with Gasteiger partial charge in [-0.15, -0.1) is 0 Å². The molecule has 1 aromatic heterocycles. The third-order valence-electron chi connectivity index (χ3n) is 2.35. The second kappa shape index (κ2) is 4.36. The Hall–Kier alpha value is -2.18. The van der Waals surface area contributed by atoms with Crippen LogP contribution in [0.15, 0.2) is 12.3 Å². The van der Waals surface area contributed by atoms with Crippen LogP contribution in [0.3, 0.4) is 0 Å². The number of hydrogen-bond acceptors (Lipinski definition) is 4. The minimum atomic E-state index is -0.571. The Morgan fingerprint density at radius 2 is 2.41 bits per heavy atom. The number of nitrogens with one attached hydrogen (secondary N) is 1. The molecule has 0 radical (unpaired) electrons. The third kappa shape index (κ3) is 2.90. The maximum Gasteiger partial charge on any atom is 0.397 e. The second-order valence-electron chi connectivity index (χ2n) is 3.96. The molecule has 0 aliphatic heterocycles. The second-order valence-corrected chi connectivity index (χ2v) is 3.96. The normalized spacial score (nSPS) is 15.1. The molecule has 90 valence electrons. The summed E-state index contributed by atoms with van der Waals surface area (Å²) in [6, 6.07) is 0.274. The van der Waals surface area contributed by atoms with E-state index in [0.29, 0.717) is 5.56 Å². The Balaban J connectivity index is 2.08. The van der Waals surface area contributed by atoms with Crippen LogP contribution in [0.2, 0.25) is 0 Å². The smallest absolute Gasteiger partial charge is 0.358 e. The molecule has 0 saturated heterocycles. The highest BCUT2D eigenvalue weighted by molar-refractivity contribution is 5.92. The molecule has 0 bridgehead atoms. The largest absolute Gasteiger partial charge is 0.397 e. The van der Waals surface area contributed by atoms with Crippen LogP contribution in [-0.2, 0) is 11.8 Å². The summed E-state index contributed by atoms with van der Waals surface area (Å²) >= 11 is 0. The van der Waals surface area contributed by atoms with Crippen LogP contribution in [0, 0.1) is 10.1 Å². The number of amides is 1. The van der Waals surface area contributed by atoms with E-state index >= 15 is 0 Å². The van der Waals surface area contributed by atoms with Crippen molar-refractivity contribution in [1.82, 2.24) is 15.1 Å². The molecule has 1 N–H and O–H groups in total. The van der Waals surface area contributed by atoms with Crippen molar-refractivity contribution in [1.29, 1.82) is 0 Å². The summed E-state index contributed by atoms with van der Waals surface area (Å²) in [6.45, 7) is 0. The Labute approximate surface area is 97.3 Å². The van der Waals surface area contributed by atoms with Gasteiger partial charge in [0.25, 0.3) is 0 Å². The highest BCUT2D eigenvalue weighted by Gasteiger charge is 2.22. The first-order chi connectivity index (χ1) is 8.06. The highest BCUT2D eigenvalue weighted by atomic mass is 16.6. The molecule has 0 unspecified atom stereocenters. The summed E-state index contributed by atoms with van der Waals surface area (Å²) < 4.78 is 1.34. The lowest BCUT2D eigenvalue weighted by atomic mass is 10.3. The molecule has 1 aromatic rings. The van der Waals surface area contributed by atoms with Crippen molar-refractivity contribution in [2.75, 3.05) is 0 Å². The maximum atomic E-state index is 11.4. The number of rotatable bonds is 4. The number of nitrogens with zero attached hydrogens (tertiary/aromatic N) is 3. The van der Waals surface area contributed by atoms with Gasteiger partial charge in [0, 0.05) is 12.1 Å². The lowest BCUT2D eigenvalue weighted by molar-refractivity contribution is -0.390. The number of nitro groups is 1. The van der Waals surface area contributed by atoms with Crippen LogP contribution in [-0.4, -0.2) is 26.7 Å². The zero-order valence-electron chi connectivity index (χ0n) is 9.29. The molecule has 1 aliphatic carbocycles. The molecule has 1 heterocycles. The molecule has 0 atom stereocenters. The Morgan fingerprint density at radius 1 is 1.71 bits per heavy atom. The molecule has 1 fully saturated rings. The Bertz CT molecular complexity index is 488. The average molecular weight is 236 g/mol. The predicted molar refractivity (Wildman–Crippen MR) is 60.1 cm³/mol. The van der Waals surface area contributed by atoms with Crippen LogP contribution in [0.5, 0.6) is 0 Å². The van der Waals surface area contributed by atoms with Gasteiger partial charge < -0.3 is 15.4 Å². The van der Waals surface area contributed by atoms with E-state index < -0.39 is 4.92 Å². The van der Waals surface area contributed by atoms with E-state index in [-0.39, 0.29) is 17.8 Å². The third-order valence-corrected chi connectivity index (χ3v) is 2.35. The van der Waals surface area contributed by atoms with E-state index in [4.69, 9.17) is 0 Å². The average Bonchev–Trinajstić information content (AvgIpc) is 2.97. The monoisotopic (exact) mass is 236 g/mol. The summed E-state index contributed by atoms with van der Waals surface area (Å²) in [7, 11) is 1.59. The van der Waals surface area contributed by atoms with E-state index in [2.05, 4.69) is 10.4 Å². The number of carbonyl (C=O) groups is 1. The zero-order valence-corrected chi connectivity index (χ0v) is 9.29. The number of hydrogen-bond donors (Lipinski definition) is 1. The molecular weight excluding hydrogens is 224 g/mol. The lowest BCUT2D eigenvalue weighted by Gasteiger charge is -1.95. The SMILES string of the molecule is Cn1cc(C=CC(=O)NC2CC2)c([N+](=O)[O-])n1. The molecule has 1 saturated carbocycles. The quantitative estimate of drug-likeness (QED) is 0.471. The van der Waals surface area contributed by atoms with Crippen LogP contribution >= 0.6 is 0 Å². The van der Waals surface area contributed by atoms with Crippen molar-refractivity contribution >= 4 is 17.8 Å². The van der Waals surface area contributed by atoms with Gasteiger partial charge in [0.15, 0.2) is 0 Å². The van der Waals surface area contributed by atoms with Crippen LogP contribution in [0.25, 0.3) is 6.08 Å². The fraction of sp³-hybridized carbons (Fsp3) is 0.400. The van der Waals surface area contributed by atoms with Gasteiger partial charge in [-0.1, -0.05) is 0 Å². The summed E-state index contributed by atoms with van der Waals surface area (Å²) in [5.41, 5.74) is 0.323. The maximum absolute atomic E-state index is 11.4. The number of aryl methyl sites for hydroxylation is 1. The van der Waals surface area contributed by atoms with Gasteiger partial charge in [-0.2, -0.15) is 4.68 Å². The Morgan fingerprint density at radius 3 is 3.00 bits per heavy atom. The molecule has 1 aliphatic rings. The van der Waals surface area contributed by atoms with Crippen molar-refractivity contribution in [3.8, 4) is 0 Å². The van der Waals surface area contributed by atoms with E-state index in [9.17, 15) is 14.9 Å². The van der Waals surface area contributed by atoms with Gasteiger partial charge in [-0.3, -0.25) is 4.79 Å². The molecule has 0 spiro atoms. The van der Waals surface area contributed by atoms with Gasteiger partial charge in [-0.25, -0.2) is 0 Å². The van der Waals surface area contributed by atoms with Gasteiger partial charge in [-0.05, 0) is 23.8 Å². The summed E-state index contributed by atoms with van der Waals surface area (Å²) in [5, 5.41) is 17.1. The predicted octanol–water partition coefficient (Wildman–Crippen LogP) is 0.620. The van der Waals surface area contributed by atoms with Gasteiger partial charge >= 0.3 is 5.82 Å². The van der Waals surface area contributed by atoms with Crippen LogP contribution in [0.1, 0.15) is 18.4 Å². The minimum Gasteiger partial charge on any atom is -0.358 e. The van der Waals surface area contributed by atoms with Crippen molar-refractivity contribution < 1.29 is 9.72 Å². The summed E-state index contributed by atoms with van der Waals surface area (Å²) in [6.07, 6.45) is 6.21. The minimum absolute atomic E-state index is 0.231. The van der Waals surface area contributed by atoms with Gasteiger partial charge in [0.2, 0.25) is 5.91 Å². The first-order valence-electron chi connectivity index (χ1n) is 5.23. The van der Waals surface area contributed by atoms with E-state index in [1.807, 2.05) is 0 Å². The Kier molecular flexibility index (Phi) is 2.90. The molecule has 17 heavy (non-hydrogen) atoms. The van der Waals surface area contributed by atoms with Crippen molar-refractivity contribution in [2.45, 2.75) is 18.9 Å². The van der Waals surface area contributed by atoms with Crippen molar-refractivity contribution in [3.63, 3.8) is 0 Å². The first kappa shape index (κ1) is 11.3. The first-order valence-corrected chi connectivity index (χ1v) is 5.23. The van der Waals surface area contributed by atoms with Crippen LogP contribution in [0.4, 0.5) is 5.82 Å². The number of aromatic nitrogens is 2. The van der Waals surface area contributed by atoms with Gasteiger partial charge in [0.05, 0.1) is 23.9 Å². The highest BCUT2D eigenvalue weighted by Crippen LogP contribution is 2.19. The molecule has 2 rings (SSSR count). The fourth-order valence-electron chi connectivity index (χ4n) is 1.40. The number of carbonyl (C=O) groups excluding carboxylic acids is 1. The van der Waals surface area contributed by atoms with E-state index in [1.54, 1.807) is 7.05 Å². The molecule has 1 amide bonds. The zero-order chi connectivity index (χ0) is 12.4. The standard InChI is InChI=1S/C10H12N4O3/c1-13-6-7(10(12-13)14(16)17)2-5-9(15)11-8-3-4-8/h2,5-6,8H,3-4H2,1H3,(H,11,15). The molecule has 7 nitrogen and oxygen atoms in total. The van der Waals surface area contributed by atoms with E-state index in [0.717, 1.165) is 12.8 Å². The lowest BCUT2D eigenvalue weighted by Crippen LogP contribution is -2.22. The summed E-state index contributed by atoms with van der Waals surface area (Å²) in [4.78, 5) is 21.5. The molecular formula is C10H12N4O3. The summed E-state index contributed by atoms with van der Waals surface area (Å²) in [5.74, 6) is -0.478. The van der Waals surface area contributed by atoms with E-state index in [1.165, 1.54) is 23.0 Å². The topological polar surface area (TPSA) is 90.1 Å². The van der Waals surface area contributed by atoms with Gasteiger partial charge in [0.1, 0.15) is 0 Å². The van der Waals surface area contributed by atoms with Crippen molar-refractivity contribution in [3.05, 3.63) is 28.0 Å². The molecule has 0 aromatic carbocycles.